The molecule has 2 aromatic rings. The van der Waals surface area contributed by atoms with Crippen LogP contribution in [0.15, 0.2) is 18.2 Å². The summed E-state index contributed by atoms with van der Waals surface area (Å²) in [6.45, 7) is 3.26. The second kappa shape index (κ2) is 6.29. The number of nitrogens with zero attached hydrogens (tertiary/aromatic N) is 1. The van der Waals surface area contributed by atoms with Gasteiger partial charge >= 0.3 is 0 Å². The Morgan fingerprint density at radius 2 is 2.05 bits per heavy atom. The Bertz CT molecular complexity index is 622. The van der Waals surface area contributed by atoms with Gasteiger partial charge in [0.1, 0.15) is 0 Å². The second-order valence-corrected chi connectivity index (χ2v) is 6.70. The van der Waals surface area contributed by atoms with Gasteiger partial charge in [-0.25, -0.2) is 0 Å². The van der Waals surface area contributed by atoms with E-state index < -0.39 is 0 Å². The fourth-order valence-corrected chi connectivity index (χ4v) is 3.66. The van der Waals surface area contributed by atoms with Gasteiger partial charge in [0, 0.05) is 26.9 Å². The van der Waals surface area contributed by atoms with Crippen LogP contribution in [0.3, 0.4) is 0 Å². The van der Waals surface area contributed by atoms with E-state index in [0.29, 0.717) is 0 Å². The van der Waals surface area contributed by atoms with Crippen molar-refractivity contribution in [1.82, 2.24) is 4.98 Å². The smallest absolute Gasteiger partial charge is 0.0859 e. The van der Waals surface area contributed by atoms with Crippen molar-refractivity contribution >= 4 is 39.2 Å². The molecule has 0 spiro atoms. The third kappa shape index (κ3) is 2.65. The monoisotopic (exact) mass is 380 g/mol. The number of anilines is 1. The number of nitrogens with one attached hydrogen (secondary N) is 1. The maximum absolute atomic E-state index is 5.00. The van der Waals surface area contributed by atoms with E-state index in [4.69, 9.17) is 4.98 Å². The summed E-state index contributed by atoms with van der Waals surface area (Å²) in [6, 6.07) is 6.52. The molecule has 3 rings (SSSR count). The molecular weight excluding hydrogens is 359 g/mol. The summed E-state index contributed by atoms with van der Waals surface area (Å²) in [5.41, 5.74) is 5.34. The van der Waals surface area contributed by atoms with Gasteiger partial charge in [-0.3, -0.25) is 4.98 Å². The van der Waals surface area contributed by atoms with Crippen molar-refractivity contribution in [3.05, 3.63) is 33.0 Å². The first-order valence-electron chi connectivity index (χ1n) is 7.65. The van der Waals surface area contributed by atoms with Crippen molar-refractivity contribution < 1.29 is 0 Å². The van der Waals surface area contributed by atoms with Gasteiger partial charge in [0.15, 0.2) is 0 Å². The lowest BCUT2D eigenvalue weighted by Crippen LogP contribution is -2.08. The summed E-state index contributed by atoms with van der Waals surface area (Å²) < 4.78 is 1.26. The molecule has 0 radical (unpaired) electrons. The second-order valence-electron chi connectivity index (χ2n) is 5.54. The SMILES string of the molecule is CCCNc1c2c(nc3c(I)cccc13)CCCCC2. The number of rotatable bonds is 3. The van der Waals surface area contributed by atoms with E-state index in [1.165, 1.54) is 57.1 Å². The highest BCUT2D eigenvalue weighted by atomic mass is 127. The van der Waals surface area contributed by atoms with E-state index in [-0.39, 0.29) is 0 Å². The highest BCUT2D eigenvalue weighted by Crippen LogP contribution is 2.34. The number of aromatic nitrogens is 1. The number of hydrogen-bond acceptors (Lipinski definition) is 2. The van der Waals surface area contributed by atoms with Crippen molar-refractivity contribution in [3.8, 4) is 0 Å². The van der Waals surface area contributed by atoms with Crippen LogP contribution in [-0.2, 0) is 12.8 Å². The normalized spacial score (nSPS) is 14.9. The highest BCUT2D eigenvalue weighted by molar-refractivity contribution is 14.1. The van der Waals surface area contributed by atoms with Gasteiger partial charge in [-0.1, -0.05) is 25.5 Å². The van der Waals surface area contributed by atoms with Crippen LogP contribution in [0.5, 0.6) is 0 Å². The average molecular weight is 380 g/mol. The molecule has 106 valence electrons. The van der Waals surface area contributed by atoms with Gasteiger partial charge < -0.3 is 5.32 Å². The van der Waals surface area contributed by atoms with E-state index in [2.05, 4.69) is 53.0 Å². The number of para-hydroxylation sites is 1. The van der Waals surface area contributed by atoms with Gasteiger partial charge in [-0.2, -0.15) is 0 Å². The Labute approximate surface area is 134 Å². The van der Waals surface area contributed by atoms with Crippen LogP contribution >= 0.6 is 22.6 Å². The molecule has 0 atom stereocenters. The lowest BCUT2D eigenvalue weighted by molar-refractivity contribution is 0.709. The lowest BCUT2D eigenvalue weighted by Gasteiger charge is -2.17. The van der Waals surface area contributed by atoms with Crippen LogP contribution in [-0.4, -0.2) is 11.5 Å². The van der Waals surface area contributed by atoms with Gasteiger partial charge in [0.2, 0.25) is 0 Å². The summed E-state index contributed by atoms with van der Waals surface area (Å²) in [5.74, 6) is 0. The first kappa shape index (κ1) is 14.1. The highest BCUT2D eigenvalue weighted by Gasteiger charge is 2.17. The predicted octanol–water partition coefficient (Wildman–Crippen LogP) is 4.93. The number of aryl methyl sites for hydroxylation is 1. The molecule has 0 amide bonds. The molecule has 1 aromatic heterocycles. The maximum Gasteiger partial charge on any atom is 0.0859 e. The molecule has 0 saturated carbocycles. The number of pyridine rings is 1. The van der Waals surface area contributed by atoms with Crippen molar-refractivity contribution in [1.29, 1.82) is 0 Å². The summed E-state index contributed by atoms with van der Waals surface area (Å²) in [6.07, 6.45) is 7.37. The minimum atomic E-state index is 1.04. The standard InChI is InChI=1S/C17H21IN2/c1-2-11-19-16-12-7-4-3-5-10-15(12)20-17-13(16)8-6-9-14(17)18/h6,8-9H,2-5,7,10-11H2,1H3,(H,19,20). The van der Waals surface area contributed by atoms with Gasteiger partial charge in [-0.15, -0.1) is 0 Å². The third-order valence-corrected chi connectivity index (χ3v) is 4.92. The Hall–Kier alpha value is -0.840. The molecule has 1 aliphatic rings. The quantitative estimate of drug-likeness (QED) is 0.603. The zero-order valence-electron chi connectivity index (χ0n) is 12.0. The van der Waals surface area contributed by atoms with Crippen LogP contribution in [0.2, 0.25) is 0 Å². The first-order chi connectivity index (χ1) is 9.81. The van der Waals surface area contributed by atoms with Gasteiger partial charge in [-0.05, 0) is 66.3 Å². The first-order valence-corrected chi connectivity index (χ1v) is 8.73. The fourth-order valence-electron chi connectivity index (χ4n) is 3.04. The van der Waals surface area contributed by atoms with Crippen LogP contribution in [0.4, 0.5) is 5.69 Å². The maximum atomic E-state index is 5.00. The Morgan fingerprint density at radius 3 is 2.90 bits per heavy atom. The van der Waals surface area contributed by atoms with Crippen LogP contribution in [0.25, 0.3) is 10.9 Å². The predicted molar refractivity (Wildman–Crippen MR) is 94.5 cm³/mol. The third-order valence-electron chi connectivity index (χ3n) is 4.05. The molecule has 1 aliphatic carbocycles. The van der Waals surface area contributed by atoms with E-state index in [9.17, 15) is 0 Å². The topological polar surface area (TPSA) is 24.9 Å². The molecule has 0 saturated heterocycles. The zero-order chi connectivity index (χ0) is 13.9. The largest absolute Gasteiger partial charge is 0.384 e. The van der Waals surface area contributed by atoms with Crippen molar-refractivity contribution in [2.24, 2.45) is 0 Å². The number of benzene rings is 1. The van der Waals surface area contributed by atoms with Crippen molar-refractivity contribution in [2.45, 2.75) is 45.4 Å². The molecule has 0 fully saturated rings. The van der Waals surface area contributed by atoms with Gasteiger partial charge in [0.25, 0.3) is 0 Å². The molecule has 1 N–H and O–H groups in total. The molecule has 1 aromatic carbocycles. The van der Waals surface area contributed by atoms with E-state index in [1.54, 1.807) is 0 Å². The summed E-state index contributed by atoms with van der Waals surface area (Å²) in [4.78, 5) is 5.00. The summed E-state index contributed by atoms with van der Waals surface area (Å²) in [7, 11) is 0. The van der Waals surface area contributed by atoms with Crippen LogP contribution < -0.4 is 5.32 Å². The minimum Gasteiger partial charge on any atom is -0.384 e. The number of hydrogen-bond donors (Lipinski definition) is 1. The molecule has 0 unspecified atom stereocenters. The number of halogens is 1. The Morgan fingerprint density at radius 1 is 1.20 bits per heavy atom. The fraction of sp³-hybridized carbons (Fsp3) is 0.471. The van der Waals surface area contributed by atoms with E-state index in [0.717, 1.165) is 19.4 Å². The van der Waals surface area contributed by atoms with Crippen LogP contribution in [0, 0.1) is 3.57 Å². The van der Waals surface area contributed by atoms with E-state index in [1.807, 2.05) is 0 Å². The van der Waals surface area contributed by atoms with Gasteiger partial charge in [0.05, 0.1) is 5.52 Å². The van der Waals surface area contributed by atoms with Crippen molar-refractivity contribution in [3.63, 3.8) is 0 Å². The molecule has 0 bridgehead atoms. The molecule has 3 heteroatoms. The average Bonchev–Trinajstić information content (AvgIpc) is 2.70. The van der Waals surface area contributed by atoms with E-state index >= 15 is 0 Å². The summed E-state index contributed by atoms with van der Waals surface area (Å²) >= 11 is 2.41. The molecule has 1 heterocycles. The molecular formula is C17H21IN2. The van der Waals surface area contributed by atoms with Crippen LogP contribution in [0.1, 0.15) is 43.9 Å². The van der Waals surface area contributed by atoms with Crippen molar-refractivity contribution in [2.75, 3.05) is 11.9 Å². The molecule has 2 nitrogen and oxygen atoms in total. The zero-order valence-corrected chi connectivity index (χ0v) is 14.2. The summed E-state index contributed by atoms with van der Waals surface area (Å²) in [5, 5.41) is 4.97. The Balaban J connectivity index is 2.23. The Kier molecular flexibility index (Phi) is 4.44. The molecule has 0 aliphatic heterocycles. The lowest BCUT2D eigenvalue weighted by atomic mass is 10.0. The minimum absolute atomic E-state index is 1.04. The molecule has 20 heavy (non-hydrogen) atoms. The number of fused-ring (bicyclic) bond motifs is 2.